The Labute approximate surface area is 117 Å². The highest BCUT2D eigenvalue weighted by Crippen LogP contribution is 2.23. The molecule has 0 radical (unpaired) electrons. The Kier molecular flexibility index (Phi) is 5.15. The van der Waals surface area contributed by atoms with E-state index in [0.717, 1.165) is 30.5 Å². The van der Waals surface area contributed by atoms with Crippen molar-refractivity contribution in [2.75, 3.05) is 25.6 Å². The van der Waals surface area contributed by atoms with E-state index in [2.05, 4.69) is 22.0 Å². The van der Waals surface area contributed by atoms with Crippen molar-refractivity contribution in [3.63, 3.8) is 0 Å². The van der Waals surface area contributed by atoms with Gasteiger partial charge >= 0.3 is 5.97 Å². The second-order valence-corrected chi connectivity index (χ2v) is 5.63. The number of carbonyl (C=O) groups is 1. The van der Waals surface area contributed by atoms with Crippen molar-refractivity contribution in [2.45, 2.75) is 32.2 Å². The monoisotopic (exact) mass is 284 g/mol. The number of rotatable bonds is 6. The van der Waals surface area contributed by atoms with Gasteiger partial charge in [0.25, 0.3) is 0 Å². The van der Waals surface area contributed by atoms with Crippen LogP contribution >= 0.6 is 11.3 Å². The number of methoxy groups -OCH3 is 1. The Morgan fingerprint density at radius 3 is 3.26 bits per heavy atom. The smallest absolute Gasteiger partial charge is 0.305 e. The Morgan fingerprint density at radius 1 is 1.74 bits per heavy atom. The third-order valence-corrected chi connectivity index (χ3v) is 4.21. The van der Waals surface area contributed by atoms with Crippen LogP contribution in [-0.4, -0.2) is 37.3 Å². The molecule has 1 aliphatic rings. The zero-order valence-corrected chi connectivity index (χ0v) is 12.2. The van der Waals surface area contributed by atoms with E-state index in [4.69, 9.17) is 4.74 Å². The standard InChI is InChI=1S/C13H20N2O3S/c1-9(10-5-6-18-7-10)14-13-15-11(8-19-13)3-4-12(16)17-2/h8-10H,3-7H2,1-2H3,(H,14,15). The summed E-state index contributed by atoms with van der Waals surface area (Å²) < 4.78 is 10.0. The summed E-state index contributed by atoms with van der Waals surface area (Å²) >= 11 is 1.58. The number of anilines is 1. The first-order valence-corrected chi connectivity index (χ1v) is 7.42. The maximum absolute atomic E-state index is 11.1. The van der Waals surface area contributed by atoms with E-state index in [-0.39, 0.29) is 5.97 Å². The van der Waals surface area contributed by atoms with Crippen LogP contribution in [0.5, 0.6) is 0 Å². The molecule has 6 heteroatoms. The number of hydrogen-bond donors (Lipinski definition) is 1. The van der Waals surface area contributed by atoms with Gasteiger partial charge in [-0.05, 0) is 13.3 Å². The Bertz CT molecular complexity index is 416. The summed E-state index contributed by atoms with van der Waals surface area (Å²) in [6.07, 6.45) is 2.12. The third kappa shape index (κ3) is 4.18. The molecule has 1 fully saturated rings. The summed E-state index contributed by atoms with van der Waals surface area (Å²) in [6, 6.07) is 0.363. The van der Waals surface area contributed by atoms with Crippen LogP contribution in [0.4, 0.5) is 5.13 Å². The second-order valence-electron chi connectivity index (χ2n) is 4.78. The van der Waals surface area contributed by atoms with Crippen molar-refractivity contribution in [3.05, 3.63) is 11.1 Å². The summed E-state index contributed by atoms with van der Waals surface area (Å²) in [6.45, 7) is 3.85. The number of hydrogen-bond acceptors (Lipinski definition) is 6. The zero-order valence-electron chi connectivity index (χ0n) is 11.3. The lowest BCUT2D eigenvalue weighted by Crippen LogP contribution is -2.26. The molecule has 5 nitrogen and oxygen atoms in total. The highest BCUT2D eigenvalue weighted by molar-refractivity contribution is 7.13. The highest BCUT2D eigenvalue weighted by Gasteiger charge is 2.22. The first-order chi connectivity index (χ1) is 9.19. The van der Waals surface area contributed by atoms with E-state index in [9.17, 15) is 4.79 Å². The maximum Gasteiger partial charge on any atom is 0.305 e. The minimum Gasteiger partial charge on any atom is -0.469 e. The van der Waals surface area contributed by atoms with Crippen LogP contribution in [0, 0.1) is 5.92 Å². The van der Waals surface area contributed by atoms with Gasteiger partial charge < -0.3 is 14.8 Å². The van der Waals surface area contributed by atoms with E-state index < -0.39 is 0 Å². The Hall–Kier alpha value is -1.14. The number of ether oxygens (including phenoxy) is 2. The van der Waals surface area contributed by atoms with Crippen LogP contribution in [-0.2, 0) is 20.7 Å². The van der Waals surface area contributed by atoms with Gasteiger partial charge in [0.05, 0.1) is 25.8 Å². The van der Waals surface area contributed by atoms with Crippen molar-refractivity contribution in [3.8, 4) is 0 Å². The van der Waals surface area contributed by atoms with Crippen molar-refractivity contribution in [2.24, 2.45) is 5.92 Å². The van der Waals surface area contributed by atoms with Gasteiger partial charge in [0.1, 0.15) is 0 Å². The molecule has 2 atom stereocenters. The molecule has 2 heterocycles. The van der Waals surface area contributed by atoms with Crippen LogP contribution in [0.15, 0.2) is 5.38 Å². The molecule has 1 aromatic rings. The first kappa shape index (κ1) is 14.3. The van der Waals surface area contributed by atoms with Gasteiger partial charge in [-0.3, -0.25) is 4.79 Å². The van der Waals surface area contributed by atoms with Crippen molar-refractivity contribution >= 4 is 22.4 Å². The molecular weight excluding hydrogens is 264 g/mol. The van der Waals surface area contributed by atoms with Crippen molar-refractivity contribution in [1.29, 1.82) is 0 Å². The number of aryl methyl sites for hydroxylation is 1. The topological polar surface area (TPSA) is 60.5 Å². The Morgan fingerprint density at radius 2 is 2.58 bits per heavy atom. The second kappa shape index (κ2) is 6.86. The van der Waals surface area contributed by atoms with Gasteiger partial charge in [0.2, 0.25) is 0 Å². The molecule has 2 rings (SSSR count). The van der Waals surface area contributed by atoms with Crippen LogP contribution in [0.1, 0.15) is 25.5 Å². The molecule has 106 valence electrons. The predicted molar refractivity (Wildman–Crippen MR) is 74.5 cm³/mol. The number of aromatic nitrogens is 1. The number of carbonyl (C=O) groups excluding carboxylic acids is 1. The van der Waals surface area contributed by atoms with Gasteiger partial charge in [-0.25, -0.2) is 4.98 Å². The van der Waals surface area contributed by atoms with E-state index in [1.54, 1.807) is 11.3 Å². The fraction of sp³-hybridized carbons (Fsp3) is 0.692. The SMILES string of the molecule is COC(=O)CCc1csc(NC(C)C2CCOC2)n1. The highest BCUT2D eigenvalue weighted by atomic mass is 32.1. The van der Waals surface area contributed by atoms with Crippen LogP contribution in [0.2, 0.25) is 0 Å². The maximum atomic E-state index is 11.1. The van der Waals surface area contributed by atoms with E-state index in [1.165, 1.54) is 7.11 Å². The number of nitrogens with zero attached hydrogens (tertiary/aromatic N) is 1. The zero-order chi connectivity index (χ0) is 13.7. The van der Waals surface area contributed by atoms with Gasteiger partial charge in [-0.2, -0.15) is 0 Å². The van der Waals surface area contributed by atoms with Gasteiger partial charge in [0.15, 0.2) is 5.13 Å². The summed E-state index contributed by atoms with van der Waals surface area (Å²) in [5, 5.41) is 6.32. The summed E-state index contributed by atoms with van der Waals surface area (Å²) in [5.41, 5.74) is 0.938. The molecule has 0 saturated carbocycles. The molecule has 2 unspecified atom stereocenters. The summed E-state index contributed by atoms with van der Waals surface area (Å²) in [7, 11) is 1.40. The average molecular weight is 284 g/mol. The summed E-state index contributed by atoms with van der Waals surface area (Å²) in [4.78, 5) is 15.6. The fourth-order valence-electron chi connectivity index (χ4n) is 2.08. The van der Waals surface area contributed by atoms with Crippen LogP contribution < -0.4 is 5.32 Å². The molecule has 1 aromatic heterocycles. The lowest BCUT2D eigenvalue weighted by atomic mass is 10.0. The number of esters is 1. The molecule has 0 spiro atoms. The minimum atomic E-state index is -0.195. The lowest BCUT2D eigenvalue weighted by molar-refractivity contribution is -0.140. The van der Waals surface area contributed by atoms with E-state index in [0.29, 0.717) is 24.8 Å². The van der Waals surface area contributed by atoms with Crippen molar-refractivity contribution in [1.82, 2.24) is 4.98 Å². The largest absolute Gasteiger partial charge is 0.469 e. The molecule has 1 saturated heterocycles. The first-order valence-electron chi connectivity index (χ1n) is 6.54. The molecule has 0 amide bonds. The number of nitrogens with one attached hydrogen (secondary N) is 1. The molecule has 1 aliphatic heterocycles. The Balaban J connectivity index is 1.81. The molecule has 0 aliphatic carbocycles. The van der Waals surface area contributed by atoms with Crippen LogP contribution in [0.3, 0.4) is 0 Å². The van der Waals surface area contributed by atoms with Crippen molar-refractivity contribution < 1.29 is 14.3 Å². The lowest BCUT2D eigenvalue weighted by Gasteiger charge is -2.18. The molecular formula is C13H20N2O3S. The molecule has 1 N–H and O–H groups in total. The van der Waals surface area contributed by atoms with E-state index in [1.807, 2.05) is 5.38 Å². The van der Waals surface area contributed by atoms with E-state index >= 15 is 0 Å². The van der Waals surface area contributed by atoms with Crippen LogP contribution in [0.25, 0.3) is 0 Å². The minimum absolute atomic E-state index is 0.195. The van der Waals surface area contributed by atoms with Gasteiger partial charge in [0, 0.05) is 30.4 Å². The molecule has 0 bridgehead atoms. The fourth-order valence-corrected chi connectivity index (χ4v) is 2.92. The third-order valence-electron chi connectivity index (χ3n) is 3.39. The normalized spacial score (nSPS) is 20.2. The quantitative estimate of drug-likeness (QED) is 0.811. The van der Waals surface area contributed by atoms with Gasteiger partial charge in [-0.15, -0.1) is 11.3 Å². The van der Waals surface area contributed by atoms with Gasteiger partial charge in [-0.1, -0.05) is 0 Å². The predicted octanol–water partition coefficient (Wildman–Crippen LogP) is 2.09. The number of thiazole rings is 1. The average Bonchev–Trinajstić information content (AvgIpc) is 3.07. The molecule has 19 heavy (non-hydrogen) atoms. The molecule has 0 aromatic carbocycles. The summed E-state index contributed by atoms with van der Waals surface area (Å²) in [5.74, 6) is 0.362.